The van der Waals surface area contributed by atoms with Crippen LogP contribution < -0.4 is 15.8 Å². The highest BCUT2D eigenvalue weighted by molar-refractivity contribution is 5.93. The van der Waals surface area contributed by atoms with Gasteiger partial charge >= 0.3 is 0 Å². The fourth-order valence-electron chi connectivity index (χ4n) is 2.23. The number of benzene rings is 2. The fourth-order valence-corrected chi connectivity index (χ4v) is 2.23. The van der Waals surface area contributed by atoms with Gasteiger partial charge in [-0.25, -0.2) is 4.39 Å². The standard InChI is InChI=1S/C18H19FN2O2/c19-14-5-8-16(17(10-14)23-11-13-1-2-13)21-18(22)9-12-3-6-15(20)7-4-12/h3-8,10,13H,1-2,9,11,20H2,(H,21,22). The first-order chi connectivity index (χ1) is 11.1. The summed E-state index contributed by atoms with van der Waals surface area (Å²) in [5.74, 6) is 0.365. The molecule has 1 amide bonds. The van der Waals surface area contributed by atoms with Crippen molar-refractivity contribution in [1.82, 2.24) is 0 Å². The summed E-state index contributed by atoms with van der Waals surface area (Å²) in [5, 5.41) is 2.78. The summed E-state index contributed by atoms with van der Waals surface area (Å²) < 4.78 is 19.0. The van der Waals surface area contributed by atoms with Crippen LogP contribution in [0.2, 0.25) is 0 Å². The van der Waals surface area contributed by atoms with Gasteiger partial charge in [0.15, 0.2) is 0 Å². The Balaban J connectivity index is 1.65. The van der Waals surface area contributed by atoms with Crippen LogP contribution in [0.4, 0.5) is 15.8 Å². The maximum Gasteiger partial charge on any atom is 0.228 e. The molecule has 0 radical (unpaired) electrons. The van der Waals surface area contributed by atoms with Gasteiger partial charge in [0, 0.05) is 11.8 Å². The van der Waals surface area contributed by atoms with E-state index < -0.39 is 0 Å². The SMILES string of the molecule is Nc1ccc(CC(=O)Nc2ccc(F)cc2OCC2CC2)cc1. The molecule has 120 valence electrons. The Kier molecular flexibility index (Phi) is 4.46. The van der Waals surface area contributed by atoms with Crippen LogP contribution in [0.15, 0.2) is 42.5 Å². The van der Waals surface area contributed by atoms with E-state index >= 15 is 0 Å². The minimum Gasteiger partial charge on any atom is -0.491 e. The van der Waals surface area contributed by atoms with Crippen LogP contribution >= 0.6 is 0 Å². The molecule has 2 aromatic carbocycles. The number of nitrogen functional groups attached to an aromatic ring is 1. The molecule has 5 heteroatoms. The zero-order chi connectivity index (χ0) is 16.2. The summed E-state index contributed by atoms with van der Waals surface area (Å²) in [6, 6.07) is 11.3. The molecule has 0 unspecified atom stereocenters. The summed E-state index contributed by atoms with van der Waals surface area (Å²) >= 11 is 0. The van der Waals surface area contributed by atoms with E-state index in [1.165, 1.54) is 18.2 Å². The van der Waals surface area contributed by atoms with Crippen LogP contribution in [-0.4, -0.2) is 12.5 Å². The first-order valence-electron chi connectivity index (χ1n) is 7.67. The highest BCUT2D eigenvalue weighted by Crippen LogP contribution is 2.32. The van der Waals surface area contributed by atoms with Gasteiger partial charge in [0.1, 0.15) is 11.6 Å². The number of amides is 1. The third-order valence-corrected chi connectivity index (χ3v) is 3.73. The third kappa shape index (κ3) is 4.45. The molecular formula is C18H19FN2O2. The molecule has 2 aromatic rings. The zero-order valence-electron chi connectivity index (χ0n) is 12.7. The Bertz CT molecular complexity index is 697. The smallest absolute Gasteiger partial charge is 0.228 e. The van der Waals surface area contributed by atoms with Crippen molar-refractivity contribution < 1.29 is 13.9 Å². The Labute approximate surface area is 134 Å². The molecule has 0 atom stereocenters. The maximum atomic E-state index is 13.4. The lowest BCUT2D eigenvalue weighted by atomic mass is 10.1. The zero-order valence-corrected chi connectivity index (χ0v) is 12.7. The van der Waals surface area contributed by atoms with Crippen molar-refractivity contribution in [2.24, 2.45) is 5.92 Å². The molecule has 0 saturated heterocycles. The second-order valence-corrected chi connectivity index (χ2v) is 5.86. The van der Waals surface area contributed by atoms with Gasteiger partial charge in [0.2, 0.25) is 5.91 Å². The van der Waals surface area contributed by atoms with Crippen LogP contribution in [0.25, 0.3) is 0 Å². The summed E-state index contributed by atoms with van der Waals surface area (Å²) in [5.41, 5.74) is 7.63. The highest BCUT2D eigenvalue weighted by Gasteiger charge is 2.22. The van der Waals surface area contributed by atoms with Gasteiger partial charge in [-0.2, -0.15) is 0 Å². The van der Waals surface area contributed by atoms with Gasteiger partial charge in [-0.1, -0.05) is 12.1 Å². The Morgan fingerprint density at radius 3 is 2.65 bits per heavy atom. The third-order valence-electron chi connectivity index (χ3n) is 3.73. The van der Waals surface area contributed by atoms with Crippen LogP contribution in [0.3, 0.4) is 0 Å². The predicted molar refractivity (Wildman–Crippen MR) is 87.8 cm³/mol. The largest absolute Gasteiger partial charge is 0.491 e. The normalized spacial score (nSPS) is 13.6. The van der Waals surface area contributed by atoms with Gasteiger partial charge in [-0.05, 0) is 48.6 Å². The molecule has 0 bridgehead atoms. The van der Waals surface area contributed by atoms with Crippen LogP contribution in [-0.2, 0) is 11.2 Å². The van der Waals surface area contributed by atoms with Crippen molar-refractivity contribution in [3.63, 3.8) is 0 Å². The number of ether oxygens (including phenoxy) is 1. The lowest BCUT2D eigenvalue weighted by Gasteiger charge is -2.12. The minimum atomic E-state index is -0.382. The second-order valence-electron chi connectivity index (χ2n) is 5.86. The average Bonchev–Trinajstić information content (AvgIpc) is 3.34. The number of nitrogens with two attached hydrogens (primary N) is 1. The van der Waals surface area contributed by atoms with Crippen molar-refractivity contribution in [2.75, 3.05) is 17.7 Å². The van der Waals surface area contributed by atoms with E-state index in [4.69, 9.17) is 10.5 Å². The summed E-state index contributed by atoms with van der Waals surface area (Å²) in [4.78, 5) is 12.2. The molecule has 1 fully saturated rings. The van der Waals surface area contributed by atoms with Gasteiger partial charge in [0.05, 0.1) is 18.7 Å². The van der Waals surface area contributed by atoms with Gasteiger partial charge < -0.3 is 15.8 Å². The molecule has 0 heterocycles. The molecule has 3 rings (SSSR count). The fraction of sp³-hybridized carbons (Fsp3) is 0.278. The molecule has 1 aliphatic rings. The topological polar surface area (TPSA) is 64.4 Å². The van der Waals surface area contributed by atoms with E-state index in [1.54, 1.807) is 12.1 Å². The Morgan fingerprint density at radius 2 is 1.96 bits per heavy atom. The number of hydrogen-bond acceptors (Lipinski definition) is 3. The Morgan fingerprint density at radius 1 is 1.22 bits per heavy atom. The minimum absolute atomic E-state index is 0.183. The lowest BCUT2D eigenvalue weighted by Crippen LogP contribution is -2.15. The van der Waals surface area contributed by atoms with E-state index in [0.717, 1.165) is 18.4 Å². The van der Waals surface area contributed by atoms with Gasteiger partial charge in [-0.3, -0.25) is 4.79 Å². The number of halogens is 1. The quantitative estimate of drug-likeness (QED) is 0.803. The first kappa shape index (κ1) is 15.3. The monoisotopic (exact) mass is 314 g/mol. The molecule has 0 spiro atoms. The number of nitrogens with one attached hydrogen (secondary N) is 1. The molecule has 0 aromatic heterocycles. The van der Waals surface area contributed by atoms with Gasteiger partial charge in [-0.15, -0.1) is 0 Å². The summed E-state index contributed by atoms with van der Waals surface area (Å²) in [6.45, 7) is 0.560. The summed E-state index contributed by atoms with van der Waals surface area (Å²) in [6.07, 6.45) is 2.52. The van der Waals surface area contributed by atoms with Crippen LogP contribution in [0.1, 0.15) is 18.4 Å². The lowest BCUT2D eigenvalue weighted by molar-refractivity contribution is -0.115. The number of rotatable bonds is 6. The second kappa shape index (κ2) is 6.69. The van der Waals surface area contributed by atoms with Crippen LogP contribution in [0.5, 0.6) is 5.75 Å². The van der Waals surface area contributed by atoms with E-state index in [-0.39, 0.29) is 18.1 Å². The molecule has 1 aliphatic carbocycles. The maximum absolute atomic E-state index is 13.4. The molecular weight excluding hydrogens is 295 g/mol. The molecule has 23 heavy (non-hydrogen) atoms. The van der Waals surface area contributed by atoms with E-state index in [0.29, 0.717) is 29.6 Å². The van der Waals surface area contributed by atoms with Crippen molar-refractivity contribution in [2.45, 2.75) is 19.3 Å². The average molecular weight is 314 g/mol. The Hall–Kier alpha value is -2.56. The van der Waals surface area contributed by atoms with E-state index in [1.807, 2.05) is 12.1 Å². The van der Waals surface area contributed by atoms with Crippen molar-refractivity contribution in [3.05, 3.63) is 53.8 Å². The van der Waals surface area contributed by atoms with Crippen molar-refractivity contribution in [1.29, 1.82) is 0 Å². The predicted octanol–water partition coefficient (Wildman–Crippen LogP) is 3.38. The number of carbonyl (C=O) groups excluding carboxylic acids is 1. The summed E-state index contributed by atoms with van der Waals surface area (Å²) in [7, 11) is 0. The molecule has 0 aliphatic heterocycles. The molecule has 4 nitrogen and oxygen atoms in total. The number of hydrogen-bond donors (Lipinski definition) is 2. The number of carbonyl (C=O) groups is 1. The molecule has 3 N–H and O–H groups in total. The highest BCUT2D eigenvalue weighted by atomic mass is 19.1. The van der Waals surface area contributed by atoms with Crippen LogP contribution in [0, 0.1) is 11.7 Å². The van der Waals surface area contributed by atoms with E-state index in [2.05, 4.69) is 5.32 Å². The van der Waals surface area contributed by atoms with Crippen molar-refractivity contribution >= 4 is 17.3 Å². The van der Waals surface area contributed by atoms with E-state index in [9.17, 15) is 9.18 Å². The van der Waals surface area contributed by atoms with Gasteiger partial charge in [0.25, 0.3) is 0 Å². The number of anilines is 2. The first-order valence-corrected chi connectivity index (χ1v) is 7.67. The molecule has 1 saturated carbocycles. The van der Waals surface area contributed by atoms with Crippen molar-refractivity contribution in [3.8, 4) is 5.75 Å².